The van der Waals surface area contributed by atoms with Gasteiger partial charge in [0.2, 0.25) is 0 Å². The minimum absolute atomic E-state index is 0.0397. The summed E-state index contributed by atoms with van der Waals surface area (Å²) < 4.78 is 0. The highest BCUT2D eigenvalue weighted by molar-refractivity contribution is 7.23. The van der Waals surface area contributed by atoms with E-state index in [1.54, 1.807) is 22.3 Å². The molecule has 102 heavy (non-hydrogen) atoms. The van der Waals surface area contributed by atoms with Crippen LogP contribution < -0.4 is 0 Å². The van der Waals surface area contributed by atoms with Crippen molar-refractivity contribution in [3.63, 3.8) is 0 Å². The molecule has 2 heteroatoms. The van der Waals surface area contributed by atoms with Crippen LogP contribution in [-0.2, 0) is 10.8 Å². The molecule has 0 amide bonds. The molecule has 2 heterocycles. The van der Waals surface area contributed by atoms with Crippen molar-refractivity contribution in [2.24, 2.45) is 0 Å². The van der Waals surface area contributed by atoms with Gasteiger partial charge >= 0.3 is 0 Å². The first-order chi connectivity index (χ1) is 50.2. The first-order valence-electron chi connectivity index (χ1n) is 40.2. The van der Waals surface area contributed by atoms with Crippen LogP contribution in [0.25, 0.3) is 120 Å². The van der Waals surface area contributed by atoms with Crippen LogP contribution in [0.2, 0.25) is 0 Å². The van der Waals surface area contributed by atoms with E-state index in [0.29, 0.717) is 0 Å². The molecule has 522 valence electrons. The fraction of sp³-hybridized carbons (Fsp3) is 0.360. The largest absolute Gasteiger partial charge is 0.140 e. The molecule has 0 bridgehead atoms. The lowest BCUT2D eigenvalue weighted by molar-refractivity contribution is 0.398. The molecule has 12 aromatic rings. The first kappa shape index (κ1) is 71.1. The summed E-state index contributed by atoms with van der Waals surface area (Å²) in [5.74, 6) is 0. The molecule has 0 saturated carbocycles. The summed E-state index contributed by atoms with van der Waals surface area (Å²) in [6.07, 6.45) is 36.0. The molecule has 0 atom stereocenters. The van der Waals surface area contributed by atoms with E-state index in [1.807, 2.05) is 22.7 Å². The van der Waals surface area contributed by atoms with Crippen molar-refractivity contribution < 1.29 is 0 Å². The van der Waals surface area contributed by atoms with E-state index in [2.05, 4.69) is 260 Å². The number of hydrogen-bond donors (Lipinski definition) is 0. The highest BCUT2D eigenvalue weighted by Gasteiger charge is 2.44. The molecule has 0 fully saturated rings. The summed E-state index contributed by atoms with van der Waals surface area (Å²) >= 11 is 3.88. The number of aryl methyl sites for hydroxylation is 2. The smallest absolute Gasteiger partial charge is 0.0449 e. The lowest BCUT2D eigenvalue weighted by Crippen LogP contribution is -2.25. The third kappa shape index (κ3) is 15.2. The molecule has 0 spiro atoms. The van der Waals surface area contributed by atoms with Crippen LogP contribution >= 0.6 is 22.7 Å². The van der Waals surface area contributed by atoms with E-state index in [9.17, 15) is 0 Å². The minimum Gasteiger partial charge on any atom is -0.140 e. The summed E-state index contributed by atoms with van der Waals surface area (Å²) in [5.41, 5.74) is 27.4. The average Bonchev–Trinajstić information content (AvgIpc) is 1.57. The van der Waals surface area contributed by atoms with Crippen LogP contribution in [0.1, 0.15) is 240 Å². The molecule has 2 aliphatic rings. The molecule has 14 rings (SSSR count). The molecule has 0 nitrogen and oxygen atoms in total. The first-order valence-corrected chi connectivity index (χ1v) is 41.8. The number of fused-ring (bicyclic) bond motifs is 8. The predicted molar refractivity (Wildman–Crippen MR) is 449 cm³/mol. The SMILES string of the molecule is CCCCCCCCC1(CCCCCCCC)c2cc(C)ccc2-c2ccc(-c3cc(-c4cc(-c5cccc6ccccc56)cc(-c5cccc6ccccc56)c4)cc(-c4ccc5c(c4)C(CCCCCCCC)(CCCCCCCC)c4cc(-c6ccc(-c7ccc(C)s7)s6)ccc4-5)c3)cc21. The van der Waals surface area contributed by atoms with Crippen LogP contribution in [-0.4, -0.2) is 0 Å². The maximum Gasteiger partial charge on any atom is 0.0449 e. The molecule has 0 aliphatic heterocycles. The third-order valence-corrected chi connectivity index (χ3v) is 26.0. The van der Waals surface area contributed by atoms with Crippen molar-refractivity contribution in [3.05, 3.63) is 251 Å². The van der Waals surface area contributed by atoms with Crippen molar-refractivity contribution in [2.75, 3.05) is 0 Å². The van der Waals surface area contributed by atoms with Crippen LogP contribution in [0.5, 0.6) is 0 Å². The van der Waals surface area contributed by atoms with Gasteiger partial charge in [0.15, 0.2) is 0 Å². The Morgan fingerprint density at radius 1 is 0.235 bits per heavy atom. The topological polar surface area (TPSA) is 0 Å². The monoisotopic (exact) mass is 1370 g/mol. The zero-order chi connectivity index (χ0) is 69.8. The lowest BCUT2D eigenvalue weighted by atomic mass is 9.70. The normalized spacial score (nSPS) is 13.3. The quantitative estimate of drug-likeness (QED) is 0.0347. The molecule has 0 unspecified atom stereocenters. The Bertz CT molecular complexity index is 4680. The van der Waals surface area contributed by atoms with Gasteiger partial charge in [-0.3, -0.25) is 0 Å². The van der Waals surface area contributed by atoms with Crippen LogP contribution in [0.4, 0.5) is 0 Å². The highest BCUT2D eigenvalue weighted by atomic mass is 32.1. The second-order valence-corrected chi connectivity index (χ2v) is 33.2. The molecule has 2 aliphatic carbocycles. The number of hydrogen-bond acceptors (Lipinski definition) is 2. The second kappa shape index (κ2) is 33.3. The third-order valence-electron chi connectivity index (χ3n) is 23.6. The Morgan fingerprint density at radius 2 is 0.569 bits per heavy atom. The van der Waals surface area contributed by atoms with Crippen molar-refractivity contribution in [3.8, 4) is 98.1 Å². The van der Waals surface area contributed by atoms with Crippen LogP contribution in [0, 0.1) is 13.8 Å². The summed E-state index contributed by atoms with van der Waals surface area (Å²) in [6, 6.07) is 87.1. The van der Waals surface area contributed by atoms with Gasteiger partial charge in [-0.1, -0.05) is 327 Å². The zero-order valence-corrected chi connectivity index (χ0v) is 64.0. The Hall–Kier alpha value is -7.88. The van der Waals surface area contributed by atoms with E-state index in [-0.39, 0.29) is 10.8 Å². The van der Waals surface area contributed by atoms with Crippen LogP contribution in [0.3, 0.4) is 0 Å². The number of benzene rings is 10. The Kier molecular flexibility index (Phi) is 23.2. The van der Waals surface area contributed by atoms with Gasteiger partial charge in [-0.25, -0.2) is 0 Å². The lowest BCUT2D eigenvalue weighted by Gasteiger charge is -2.33. The van der Waals surface area contributed by atoms with Gasteiger partial charge in [0.05, 0.1) is 0 Å². The van der Waals surface area contributed by atoms with E-state index in [1.165, 1.54) is 310 Å². The summed E-state index contributed by atoms with van der Waals surface area (Å²) in [6.45, 7) is 14.0. The maximum absolute atomic E-state index is 2.73. The molecule has 0 saturated heterocycles. The van der Waals surface area contributed by atoms with Gasteiger partial charge < -0.3 is 0 Å². The number of rotatable bonds is 35. The highest BCUT2D eigenvalue weighted by Crippen LogP contribution is 2.58. The standard InChI is InChI=1S/C100H110S2/c1-7-11-15-19-23-31-57-99(58-32-24-20-16-12-8-2)92-61-71(5)45-50-88(92)89-51-47-75(68-93(89)99)78-62-79(64-80(63-78)81-65-82(86-43-35-39-73-37-27-29-41-84(73)86)67-83(66-81)87-44-36-40-74-38-28-30-42-85(74)87)76-48-52-90-91-53-49-77(96-55-56-98(102-96)97-54-46-72(6)101-97)70-95(91)100(94(90)69-76,59-33-25-21-17-13-9-3)60-34-26-22-18-14-10-4/h27-30,35-56,61-70H,7-26,31-34,57-60H2,1-6H3. The maximum atomic E-state index is 2.73. The van der Waals surface area contributed by atoms with Crippen molar-refractivity contribution in [1.29, 1.82) is 0 Å². The molecule has 0 N–H and O–H groups in total. The minimum atomic E-state index is -0.111. The molecular weight excluding hydrogens is 1270 g/mol. The van der Waals surface area contributed by atoms with Gasteiger partial charge in [0.1, 0.15) is 0 Å². The Balaban J connectivity index is 0.966. The van der Waals surface area contributed by atoms with E-state index < -0.39 is 0 Å². The summed E-state index contributed by atoms with van der Waals surface area (Å²) in [4.78, 5) is 5.48. The Labute approximate surface area is 621 Å². The molecule has 2 aromatic heterocycles. The molecular formula is C100H110S2. The summed E-state index contributed by atoms with van der Waals surface area (Å²) in [5, 5.41) is 5.08. The number of unbranched alkanes of at least 4 members (excludes halogenated alkanes) is 20. The van der Waals surface area contributed by atoms with Gasteiger partial charge in [0, 0.05) is 30.3 Å². The molecule has 0 radical (unpaired) electrons. The van der Waals surface area contributed by atoms with Crippen LogP contribution in [0.15, 0.2) is 218 Å². The zero-order valence-electron chi connectivity index (χ0n) is 62.4. The average molecular weight is 1380 g/mol. The predicted octanol–water partition coefficient (Wildman–Crippen LogP) is 31.9. The fourth-order valence-electron chi connectivity index (χ4n) is 18.2. The van der Waals surface area contributed by atoms with Gasteiger partial charge in [-0.15, -0.1) is 22.7 Å². The molecule has 10 aromatic carbocycles. The van der Waals surface area contributed by atoms with Crippen molar-refractivity contribution in [1.82, 2.24) is 0 Å². The van der Waals surface area contributed by atoms with Gasteiger partial charge in [0.25, 0.3) is 0 Å². The summed E-state index contributed by atoms with van der Waals surface area (Å²) in [7, 11) is 0. The van der Waals surface area contributed by atoms with Crippen molar-refractivity contribution in [2.45, 2.75) is 232 Å². The second-order valence-electron chi connectivity index (χ2n) is 30.8. The van der Waals surface area contributed by atoms with E-state index in [4.69, 9.17) is 0 Å². The fourth-order valence-corrected chi connectivity index (χ4v) is 20.1. The van der Waals surface area contributed by atoms with Gasteiger partial charge in [-0.2, -0.15) is 0 Å². The van der Waals surface area contributed by atoms with E-state index >= 15 is 0 Å². The van der Waals surface area contributed by atoms with Crippen molar-refractivity contribution >= 4 is 44.2 Å². The van der Waals surface area contributed by atoms with E-state index in [0.717, 1.165) is 0 Å². The van der Waals surface area contributed by atoms with Gasteiger partial charge in [-0.05, 0) is 246 Å². The Morgan fingerprint density at radius 3 is 1.01 bits per heavy atom. The number of thiophene rings is 2.